The Bertz CT molecular complexity index is 1170. The van der Waals surface area contributed by atoms with E-state index >= 15 is 0 Å². The summed E-state index contributed by atoms with van der Waals surface area (Å²) >= 11 is 0. The number of hydrogen-bond acceptors (Lipinski definition) is 5. The molecule has 6 rings (SSSR count). The first-order valence-corrected chi connectivity index (χ1v) is 13.7. The van der Waals surface area contributed by atoms with E-state index in [9.17, 15) is 0 Å². The van der Waals surface area contributed by atoms with Crippen molar-refractivity contribution in [2.24, 2.45) is 0 Å². The van der Waals surface area contributed by atoms with Gasteiger partial charge in [0.2, 0.25) is 0 Å². The summed E-state index contributed by atoms with van der Waals surface area (Å²) in [5.41, 5.74) is 3.77. The molecule has 1 atom stereocenters. The SMILES string of the molecule is CC(c1cnnn1Cc1ccccc1)N1CCCN(C2CCC2)CC1.c1ccc(Cn2cccn2)cc1. The summed E-state index contributed by atoms with van der Waals surface area (Å²) < 4.78 is 3.98. The van der Waals surface area contributed by atoms with Gasteiger partial charge in [-0.25, -0.2) is 4.68 Å². The van der Waals surface area contributed by atoms with Crippen LogP contribution in [0.3, 0.4) is 0 Å². The Morgan fingerprint density at radius 3 is 2.19 bits per heavy atom. The zero-order valence-corrected chi connectivity index (χ0v) is 21.9. The van der Waals surface area contributed by atoms with Gasteiger partial charge in [-0.1, -0.05) is 72.3 Å². The molecule has 37 heavy (non-hydrogen) atoms. The van der Waals surface area contributed by atoms with Gasteiger partial charge in [-0.3, -0.25) is 14.5 Å². The number of rotatable bonds is 7. The zero-order valence-electron chi connectivity index (χ0n) is 21.9. The third-order valence-corrected chi connectivity index (χ3v) is 7.70. The van der Waals surface area contributed by atoms with E-state index in [4.69, 9.17) is 0 Å². The molecule has 1 saturated heterocycles. The summed E-state index contributed by atoms with van der Waals surface area (Å²) in [6.07, 6.45) is 11.2. The zero-order chi connectivity index (χ0) is 25.3. The lowest BCUT2D eigenvalue weighted by molar-refractivity contribution is 0.126. The maximum Gasteiger partial charge on any atom is 0.0759 e. The predicted octanol–water partition coefficient (Wildman–Crippen LogP) is 4.88. The summed E-state index contributed by atoms with van der Waals surface area (Å²) in [5.74, 6) is 0. The molecule has 0 spiro atoms. The molecular formula is C30H39N7. The van der Waals surface area contributed by atoms with Gasteiger partial charge >= 0.3 is 0 Å². The van der Waals surface area contributed by atoms with Gasteiger partial charge in [0.1, 0.15) is 0 Å². The van der Waals surface area contributed by atoms with Gasteiger partial charge in [0.15, 0.2) is 0 Å². The van der Waals surface area contributed by atoms with E-state index in [2.05, 4.69) is 79.3 Å². The third kappa shape index (κ3) is 6.93. The topological polar surface area (TPSA) is 55.0 Å². The highest BCUT2D eigenvalue weighted by atomic mass is 15.4. The fraction of sp³-hybridized carbons (Fsp3) is 0.433. The molecule has 1 aliphatic heterocycles. The highest BCUT2D eigenvalue weighted by Gasteiger charge is 2.28. The molecule has 0 radical (unpaired) electrons. The van der Waals surface area contributed by atoms with Crippen LogP contribution in [0.25, 0.3) is 0 Å². The van der Waals surface area contributed by atoms with Gasteiger partial charge in [-0.15, -0.1) is 5.10 Å². The molecule has 1 unspecified atom stereocenters. The summed E-state index contributed by atoms with van der Waals surface area (Å²) in [7, 11) is 0. The minimum absolute atomic E-state index is 0.361. The van der Waals surface area contributed by atoms with E-state index in [1.165, 1.54) is 62.1 Å². The molecule has 2 fully saturated rings. The molecule has 1 aliphatic carbocycles. The second-order valence-corrected chi connectivity index (χ2v) is 10.2. The molecule has 0 amide bonds. The smallest absolute Gasteiger partial charge is 0.0759 e. The van der Waals surface area contributed by atoms with E-state index in [1.807, 2.05) is 41.3 Å². The number of aromatic nitrogens is 5. The summed E-state index contributed by atoms with van der Waals surface area (Å²) in [6, 6.07) is 24.0. The van der Waals surface area contributed by atoms with Crippen LogP contribution in [0.4, 0.5) is 0 Å². The van der Waals surface area contributed by atoms with Crippen LogP contribution in [0.2, 0.25) is 0 Å². The minimum atomic E-state index is 0.361. The fourth-order valence-corrected chi connectivity index (χ4v) is 5.28. The maximum absolute atomic E-state index is 4.35. The predicted molar refractivity (Wildman–Crippen MR) is 147 cm³/mol. The molecule has 0 N–H and O–H groups in total. The van der Waals surface area contributed by atoms with Crippen LogP contribution in [-0.4, -0.2) is 66.8 Å². The van der Waals surface area contributed by atoms with Crippen LogP contribution in [0.5, 0.6) is 0 Å². The third-order valence-electron chi connectivity index (χ3n) is 7.70. The normalized spacial score (nSPS) is 17.9. The molecule has 1 saturated carbocycles. The number of hydrogen-bond donors (Lipinski definition) is 0. The first-order chi connectivity index (χ1) is 18.3. The number of nitrogens with zero attached hydrogens (tertiary/aromatic N) is 7. The van der Waals surface area contributed by atoms with Crippen molar-refractivity contribution in [1.82, 2.24) is 34.6 Å². The Morgan fingerprint density at radius 2 is 1.54 bits per heavy atom. The van der Waals surface area contributed by atoms with Gasteiger partial charge in [-0.05, 0) is 49.9 Å². The lowest BCUT2D eigenvalue weighted by Crippen LogP contribution is -2.42. The average molecular weight is 498 g/mol. The Labute approximate surface area is 220 Å². The van der Waals surface area contributed by atoms with Crippen LogP contribution in [-0.2, 0) is 13.1 Å². The van der Waals surface area contributed by atoms with Crippen LogP contribution in [0.1, 0.15) is 55.5 Å². The maximum atomic E-state index is 4.35. The molecule has 4 aromatic rings. The van der Waals surface area contributed by atoms with Crippen molar-refractivity contribution in [3.05, 3.63) is 102 Å². The quantitative estimate of drug-likeness (QED) is 0.364. The van der Waals surface area contributed by atoms with Crippen molar-refractivity contribution >= 4 is 0 Å². The molecule has 7 heteroatoms. The van der Waals surface area contributed by atoms with Crippen LogP contribution in [0.15, 0.2) is 85.3 Å². The van der Waals surface area contributed by atoms with Crippen LogP contribution < -0.4 is 0 Å². The van der Waals surface area contributed by atoms with E-state index in [0.717, 1.165) is 25.7 Å². The summed E-state index contributed by atoms with van der Waals surface area (Å²) in [5, 5.41) is 12.7. The van der Waals surface area contributed by atoms with E-state index in [1.54, 1.807) is 6.20 Å². The Balaban J connectivity index is 0.000000195. The van der Waals surface area contributed by atoms with Crippen molar-refractivity contribution in [3.8, 4) is 0 Å². The molecular weight excluding hydrogens is 458 g/mol. The lowest BCUT2D eigenvalue weighted by Gasteiger charge is -2.37. The highest BCUT2D eigenvalue weighted by Crippen LogP contribution is 2.27. The van der Waals surface area contributed by atoms with E-state index in [-0.39, 0.29) is 0 Å². The molecule has 3 heterocycles. The van der Waals surface area contributed by atoms with Crippen molar-refractivity contribution in [1.29, 1.82) is 0 Å². The van der Waals surface area contributed by atoms with Gasteiger partial charge in [0.25, 0.3) is 0 Å². The highest BCUT2D eigenvalue weighted by molar-refractivity contribution is 5.16. The van der Waals surface area contributed by atoms with Gasteiger partial charge in [0.05, 0.1) is 31.0 Å². The van der Waals surface area contributed by atoms with Crippen molar-refractivity contribution in [2.75, 3.05) is 26.2 Å². The minimum Gasteiger partial charge on any atom is -0.299 e. The Morgan fingerprint density at radius 1 is 0.811 bits per heavy atom. The summed E-state index contributed by atoms with van der Waals surface area (Å²) in [4.78, 5) is 5.33. The molecule has 194 valence electrons. The lowest BCUT2D eigenvalue weighted by atomic mass is 9.91. The van der Waals surface area contributed by atoms with Crippen molar-refractivity contribution in [2.45, 2.75) is 57.8 Å². The molecule has 2 aromatic carbocycles. The molecule has 2 aliphatic rings. The fourth-order valence-electron chi connectivity index (χ4n) is 5.28. The standard InChI is InChI=1S/C20H29N5.C10H10N2/c1-17(23-11-6-12-24(14-13-23)19-9-5-10-19)20-15-21-22-25(20)16-18-7-3-2-4-8-18;1-2-5-10(6-3-1)9-12-8-4-7-11-12/h2-4,7-8,15,17,19H,5-6,9-14,16H2,1H3;1-8H,9H2. The molecule has 0 bridgehead atoms. The van der Waals surface area contributed by atoms with Crippen LogP contribution >= 0.6 is 0 Å². The summed E-state index contributed by atoms with van der Waals surface area (Å²) in [6.45, 7) is 8.73. The van der Waals surface area contributed by atoms with Gasteiger partial charge in [0, 0.05) is 38.1 Å². The average Bonchev–Trinajstić information content (AvgIpc) is 3.52. The van der Waals surface area contributed by atoms with E-state index in [0.29, 0.717) is 6.04 Å². The van der Waals surface area contributed by atoms with Crippen molar-refractivity contribution < 1.29 is 0 Å². The second kappa shape index (κ2) is 12.8. The number of benzene rings is 2. The molecule has 2 aromatic heterocycles. The molecule has 7 nitrogen and oxygen atoms in total. The first kappa shape index (κ1) is 25.4. The second-order valence-electron chi connectivity index (χ2n) is 10.2. The first-order valence-electron chi connectivity index (χ1n) is 13.7. The Kier molecular flexibility index (Phi) is 8.77. The van der Waals surface area contributed by atoms with Gasteiger partial charge in [-0.2, -0.15) is 5.10 Å². The van der Waals surface area contributed by atoms with Gasteiger partial charge < -0.3 is 0 Å². The van der Waals surface area contributed by atoms with E-state index < -0.39 is 0 Å². The largest absolute Gasteiger partial charge is 0.299 e. The Hall–Kier alpha value is -3.29. The monoisotopic (exact) mass is 497 g/mol. The van der Waals surface area contributed by atoms with Crippen molar-refractivity contribution in [3.63, 3.8) is 0 Å². The van der Waals surface area contributed by atoms with Crippen LogP contribution in [0, 0.1) is 0 Å².